The van der Waals surface area contributed by atoms with Crippen LogP contribution in [0.5, 0.6) is 5.75 Å². The number of aromatic nitrogens is 1. The molecule has 0 fully saturated rings. The summed E-state index contributed by atoms with van der Waals surface area (Å²) in [7, 11) is 1.64. The quantitative estimate of drug-likeness (QED) is 0.720. The van der Waals surface area contributed by atoms with E-state index in [0.29, 0.717) is 4.88 Å². The van der Waals surface area contributed by atoms with Crippen molar-refractivity contribution in [3.63, 3.8) is 0 Å². The first-order chi connectivity index (χ1) is 11.6. The minimum absolute atomic E-state index is 0.119. The van der Waals surface area contributed by atoms with E-state index in [0.717, 1.165) is 26.8 Å². The van der Waals surface area contributed by atoms with Crippen LogP contribution in [0.15, 0.2) is 41.9 Å². The van der Waals surface area contributed by atoms with E-state index in [1.54, 1.807) is 24.6 Å². The van der Waals surface area contributed by atoms with Crippen molar-refractivity contribution in [2.75, 3.05) is 7.11 Å². The van der Waals surface area contributed by atoms with Crippen LogP contribution >= 0.6 is 22.7 Å². The van der Waals surface area contributed by atoms with Crippen molar-refractivity contribution in [2.24, 2.45) is 0 Å². The number of aryl methyl sites for hydroxylation is 1. The Labute approximate surface area is 149 Å². The summed E-state index contributed by atoms with van der Waals surface area (Å²) in [5, 5.41) is 5.90. The summed E-state index contributed by atoms with van der Waals surface area (Å²) in [4.78, 5) is 18.6. The summed E-state index contributed by atoms with van der Waals surface area (Å²) in [5.41, 5.74) is 2.10. The van der Waals surface area contributed by atoms with Crippen LogP contribution in [0.3, 0.4) is 0 Å². The lowest BCUT2D eigenvalue weighted by Gasteiger charge is -2.17. The Bertz CT molecular complexity index is 841. The van der Waals surface area contributed by atoms with Gasteiger partial charge in [0.1, 0.15) is 15.6 Å². The highest BCUT2D eigenvalue weighted by atomic mass is 32.1. The predicted molar refractivity (Wildman–Crippen MR) is 99.0 cm³/mol. The number of nitrogens with zero attached hydrogens (tertiary/aromatic N) is 1. The zero-order chi connectivity index (χ0) is 17.1. The molecule has 1 aromatic carbocycles. The molecule has 2 heterocycles. The number of amides is 1. The van der Waals surface area contributed by atoms with E-state index in [1.165, 1.54) is 11.3 Å². The Balaban J connectivity index is 1.76. The molecular formula is C18H18N2O2S2. The first-order valence-corrected chi connectivity index (χ1v) is 9.23. The van der Waals surface area contributed by atoms with E-state index in [9.17, 15) is 4.79 Å². The highest BCUT2D eigenvalue weighted by Gasteiger charge is 2.18. The number of methoxy groups -OCH3 is 1. The molecule has 6 heteroatoms. The highest BCUT2D eigenvalue weighted by Crippen LogP contribution is 2.30. The van der Waals surface area contributed by atoms with Gasteiger partial charge < -0.3 is 10.1 Å². The zero-order valence-corrected chi connectivity index (χ0v) is 15.3. The molecule has 0 bridgehead atoms. The molecule has 0 spiro atoms. The molecule has 1 unspecified atom stereocenters. The van der Waals surface area contributed by atoms with Gasteiger partial charge in [-0.25, -0.2) is 4.98 Å². The summed E-state index contributed by atoms with van der Waals surface area (Å²) in [6.45, 7) is 3.98. The standard InChI is InChI=1S/C18H18N2O2S2/c1-11-6-7-14(22-3)13(9-11)12(2)20-17(21)16-10-19-18(24-16)15-5-4-8-23-15/h4-10,12H,1-3H3,(H,20,21). The van der Waals surface area contributed by atoms with Gasteiger partial charge in [-0.2, -0.15) is 0 Å². The van der Waals surface area contributed by atoms with Gasteiger partial charge in [0.05, 0.1) is 24.2 Å². The highest BCUT2D eigenvalue weighted by molar-refractivity contribution is 7.21. The fourth-order valence-electron chi connectivity index (χ4n) is 2.43. The van der Waals surface area contributed by atoms with Crippen LogP contribution in [0.4, 0.5) is 0 Å². The monoisotopic (exact) mass is 358 g/mol. The van der Waals surface area contributed by atoms with Crippen molar-refractivity contribution in [1.82, 2.24) is 10.3 Å². The topological polar surface area (TPSA) is 51.2 Å². The average Bonchev–Trinajstić information content (AvgIpc) is 3.25. The molecule has 3 rings (SSSR count). The molecule has 0 saturated carbocycles. The van der Waals surface area contributed by atoms with Crippen molar-refractivity contribution in [3.8, 4) is 15.6 Å². The number of ether oxygens (including phenoxy) is 1. The Morgan fingerprint density at radius 2 is 2.17 bits per heavy atom. The lowest BCUT2D eigenvalue weighted by atomic mass is 10.0. The number of hydrogen-bond donors (Lipinski definition) is 1. The third kappa shape index (κ3) is 3.49. The molecule has 0 aliphatic carbocycles. The number of carbonyl (C=O) groups is 1. The van der Waals surface area contributed by atoms with Gasteiger partial charge in [-0.15, -0.1) is 22.7 Å². The van der Waals surface area contributed by atoms with Crippen LogP contribution in [-0.2, 0) is 0 Å². The van der Waals surface area contributed by atoms with E-state index in [4.69, 9.17) is 4.74 Å². The van der Waals surface area contributed by atoms with Crippen molar-refractivity contribution >= 4 is 28.6 Å². The fraction of sp³-hybridized carbons (Fsp3) is 0.222. The molecule has 0 aliphatic heterocycles. The molecular weight excluding hydrogens is 340 g/mol. The maximum Gasteiger partial charge on any atom is 0.263 e. The fourth-order valence-corrected chi connectivity index (χ4v) is 4.05. The van der Waals surface area contributed by atoms with Gasteiger partial charge in [-0.1, -0.05) is 23.8 Å². The Morgan fingerprint density at radius 1 is 1.33 bits per heavy atom. The van der Waals surface area contributed by atoms with Gasteiger partial charge in [-0.05, 0) is 31.4 Å². The zero-order valence-electron chi connectivity index (χ0n) is 13.7. The minimum atomic E-state index is -0.153. The smallest absolute Gasteiger partial charge is 0.263 e. The van der Waals surface area contributed by atoms with E-state index in [2.05, 4.69) is 10.3 Å². The Morgan fingerprint density at radius 3 is 2.88 bits per heavy atom. The molecule has 1 atom stereocenters. The maximum absolute atomic E-state index is 12.5. The third-order valence-electron chi connectivity index (χ3n) is 3.66. The van der Waals surface area contributed by atoms with Crippen molar-refractivity contribution in [1.29, 1.82) is 0 Å². The number of hydrogen-bond acceptors (Lipinski definition) is 5. The molecule has 3 aromatic rings. The van der Waals surface area contributed by atoms with Crippen molar-refractivity contribution in [3.05, 3.63) is 57.9 Å². The van der Waals surface area contributed by atoms with Gasteiger partial charge >= 0.3 is 0 Å². The van der Waals surface area contributed by atoms with Crippen LogP contribution in [0.25, 0.3) is 9.88 Å². The number of thiazole rings is 1. The molecule has 0 radical (unpaired) electrons. The van der Waals surface area contributed by atoms with Crippen LogP contribution in [-0.4, -0.2) is 18.0 Å². The number of thiophene rings is 1. The van der Waals surface area contributed by atoms with Crippen LogP contribution in [0.2, 0.25) is 0 Å². The second kappa shape index (κ2) is 7.15. The molecule has 0 saturated heterocycles. The first kappa shape index (κ1) is 16.7. The van der Waals surface area contributed by atoms with E-state index >= 15 is 0 Å². The summed E-state index contributed by atoms with van der Waals surface area (Å²) in [5.74, 6) is 0.656. The van der Waals surface area contributed by atoms with Crippen molar-refractivity contribution in [2.45, 2.75) is 19.9 Å². The van der Waals surface area contributed by atoms with Gasteiger partial charge in [-0.3, -0.25) is 4.79 Å². The molecule has 2 aromatic heterocycles. The average molecular weight is 358 g/mol. The van der Waals surface area contributed by atoms with Gasteiger partial charge in [0.2, 0.25) is 0 Å². The molecule has 24 heavy (non-hydrogen) atoms. The van der Waals surface area contributed by atoms with E-state index in [1.807, 2.05) is 49.6 Å². The summed E-state index contributed by atoms with van der Waals surface area (Å²) < 4.78 is 5.40. The van der Waals surface area contributed by atoms with Crippen LogP contribution in [0.1, 0.15) is 33.8 Å². The lowest BCUT2D eigenvalue weighted by Crippen LogP contribution is -2.26. The second-order valence-corrected chi connectivity index (χ2v) is 7.43. The summed E-state index contributed by atoms with van der Waals surface area (Å²) in [6.07, 6.45) is 1.63. The number of benzene rings is 1. The van der Waals surface area contributed by atoms with Crippen LogP contribution < -0.4 is 10.1 Å². The van der Waals surface area contributed by atoms with Crippen molar-refractivity contribution < 1.29 is 9.53 Å². The summed E-state index contributed by atoms with van der Waals surface area (Å²) >= 11 is 3.02. The van der Waals surface area contributed by atoms with Crippen LogP contribution in [0, 0.1) is 6.92 Å². The maximum atomic E-state index is 12.5. The Hall–Kier alpha value is -2.18. The van der Waals surface area contributed by atoms with E-state index < -0.39 is 0 Å². The third-order valence-corrected chi connectivity index (χ3v) is 5.70. The molecule has 1 N–H and O–H groups in total. The van der Waals surface area contributed by atoms with Gasteiger partial charge in [0.15, 0.2) is 0 Å². The van der Waals surface area contributed by atoms with Gasteiger partial charge in [0, 0.05) is 5.56 Å². The number of carbonyl (C=O) groups excluding carboxylic acids is 1. The predicted octanol–water partition coefficient (Wildman–Crippen LogP) is 4.68. The Kier molecular flexibility index (Phi) is 4.97. The van der Waals surface area contributed by atoms with E-state index in [-0.39, 0.29) is 11.9 Å². The number of rotatable bonds is 5. The number of nitrogens with one attached hydrogen (secondary N) is 1. The molecule has 124 valence electrons. The lowest BCUT2D eigenvalue weighted by molar-refractivity contribution is 0.0943. The molecule has 4 nitrogen and oxygen atoms in total. The largest absolute Gasteiger partial charge is 0.496 e. The SMILES string of the molecule is COc1ccc(C)cc1C(C)NC(=O)c1cnc(-c2cccs2)s1. The normalized spacial score (nSPS) is 12.0. The second-order valence-electron chi connectivity index (χ2n) is 5.45. The summed E-state index contributed by atoms with van der Waals surface area (Å²) in [6, 6.07) is 9.79. The minimum Gasteiger partial charge on any atom is -0.496 e. The molecule has 0 aliphatic rings. The molecule has 1 amide bonds. The van der Waals surface area contributed by atoms with Gasteiger partial charge in [0.25, 0.3) is 5.91 Å². The first-order valence-electron chi connectivity index (χ1n) is 7.53.